The summed E-state index contributed by atoms with van der Waals surface area (Å²) in [5, 5.41) is 2.24. The zero-order chi connectivity index (χ0) is 23.0. The van der Waals surface area contributed by atoms with Crippen LogP contribution in [0.2, 0.25) is 0 Å². The zero-order valence-corrected chi connectivity index (χ0v) is 17.5. The minimum absolute atomic E-state index is 0.0110. The van der Waals surface area contributed by atoms with Crippen molar-refractivity contribution in [2.75, 3.05) is 0 Å². The predicted molar refractivity (Wildman–Crippen MR) is 108 cm³/mol. The molecule has 0 spiro atoms. The van der Waals surface area contributed by atoms with Gasteiger partial charge in [0.1, 0.15) is 12.2 Å². The molecule has 2 heterocycles. The van der Waals surface area contributed by atoms with Gasteiger partial charge in [-0.05, 0) is 55.7 Å². The van der Waals surface area contributed by atoms with Crippen molar-refractivity contribution in [3.8, 4) is 0 Å². The van der Waals surface area contributed by atoms with Crippen molar-refractivity contribution >= 4 is 23.5 Å². The lowest BCUT2D eigenvalue weighted by molar-refractivity contribution is -0.154. The van der Waals surface area contributed by atoms with Crippen LogP contribution in [0.15, 0.2) is 18.2 Å². The molecule has 172 valence electrons. The Bertz CT molecular complexity index is 957. The molecule has 1 atom stereocenters. The van der Waals surface area contributed by atoms with E-state index in [1.165, 1.54) is 4.90 Å². The van der Waals surface area contributed by atoms with Gasteiger partial charge in [-0.1, -0.05) is 12.1 Å². The molecule has 2 fully saturated rings. The van der Waals surface area contributed by atoms with E-state index in [0.717, 1.165) is 0 Å². The minimum Gasteiger partial charge on any atom is -0.322 e. The maximum Gasteiger partial charge on any atom is 0.308 e. The minimum atomic E-state index is -3.46. The summed E-state index contributed by atoms with van der Waals surface area (Å²) >= 11 is 0. The average Bonchev–Trinajstić information content (AvgIpc) is 3.08. The molecule has 1 saturated carbocycles. The van der Waals surface area contributed by atoms with E-state index in [1.807, 2.05) is 0 Å². The maximum absolute atomic E-state index is 14.5. The molecule has 2 aliphatic heterocycles. The van der Waals surface area contributed by atoms with Gasteiger partial charge in [0.2, 0.25) is 17.6 Å². The standard InChI is InChI=1S/C23H25F3N2O4/c24-16-5-3-15(4-6-16)23(25,26)19(29)9-2-13-1-7-17-14(11-13)12-28(22(17)32)18-8-10-20(30)27-21(18)31/h1,7,11,15-16,18H,2-6,8-10,12H2,(H,27,30,31). The number of aryl methyl sites for hydroxylation is 1. The van der Waals surface area contributed by atoms with Crippen LogP contribution in [-0.2, 0) is 27.3 Å². The quantitative estimate of drug-likeness (QED) is 0.675. The Hall–Kier alpha value is -2.71. The molecular formula is C23H25F3N2O4. The number of carbonyl (C=O) groups excluding carboxylic acids is 4. The summed E-state index contributed by atoms with van der Waals surface area (Å²) in [4.78, 5) is 49.9. The highest BCUT2D eigenvalue weighted by atomic mass is 19.3. The average molecular weight is 450 g/mol. The number of halogens is 3. The van der Waals surface area contributed by atoms with E-state index in [1.54, 1.807) is 18.2 Å². The molecule has 4 rings (SSSR count). The summed E-state index contributed by atoms with van der Waals surface area (Å²) < 4.78 is 42.3. The lowest BCUT2D eigenvalue weighted by atomic mass is 9.81. The van der Waals surface area contributed by atoms with Crippen LogP contribution in [0.1, 0.15) is 66.4 Å². The number of ketones is 1. The Morgan fingerprint density at radius 2 is 1.81 bits per heavy atom. The SMILES string of the molecule is O=C1CCC(N2Cc3cc(CCC(=O)C(F)(F)C4CCC(F)CC4)ccc3C2=O)C(=O)N1. The van der Waals surface area contributed by atoms with Gasteiger partial charge in [-0.3, -0.25) is 24.5 Å². The van der Waals surface area contributed by atoms with Gasteiger partial charge in [0, 0.05) is 30.9 Å². The lowest BCUT2D eigenvalue weighted by Crippen LogP contribution is -2.52. The van der Waals surface area contributed by atoms with Gasteiger partial charge in [0.05, 0.1) is 0 Å². The van der Waals surface area contributed by atoms with Gasteiger partial charge in [0.25, 0.3) is 5.91 Å². The summed E-state index contributed by atoms with van der Waals surface area (Å²) in [7, 11) is 0. The fourth-order valence-corrected chi connectivity index (χ4v) is 4.85. The highest BCUT2D eigenvalue weighted by Crippen LogP contribution is 2.39. The van der Waals surface area contributed by atoms with Crippen molar-refractivity contribution < 1.29 is 32.3 Å². The molecule has 0 aromatic heterocycles. The fraction of sp³-hybridized carbons (Fsp3) is 0.565. The molecule has 32 heavy (non-hydrogen) atoms. The molecule has 1 aromatic rings. The number of nitrogens with zero attached hydrogens (tertiary/aromatic N) is 1. The third-order valence-corrected chi connectivity index (χ3v) is 6.77. The lowest BCUT2D eigenvalue weighted by Gasteiger charge is -2.30. The van der Waals surface area contributed by atoms with Gasteiger partial charge in [-0.2, -0.15) is 8.78 Å². The first kappa shape index (κ1) is 22.5. The van der Waals surface area contributed by atoms with E-state index in [2.05, 4.69) is 5.32 Å². The number of hydrogen-bond donors (Lipinski definition) is 1. The van der Waals surface area contributed by atoms with Crippen LogP contribution < -0.4 is 5.32 Å². The van der Waals surface area contributed by atoms with E-state index < -0.39 is 35.7 Å². The first-order chi connectivity index (χ1) is 15.2. The highest BCUT2D eigenvalue weighted by Gasteiger charge is 2.47. The van der Waals surface area contributed by atoms with Gasteiger partial charge in [0.15, 0.2) is 0 Å². The van der Waals surface area contributed by atoms with Crippen LogP contribution in [-0.4, -0.2) is 46.5 Å². The first-order valence-electron chi connectivity index (χ1n) is 11.0. The summed E-state index contributed by atoms with van der Waals surface area (Å²) in [6.45, 7) is 0.185. The number of nitrogens with one attached hydrogen (secondary N) is 1. The zero-order valence-electron chi connectivity index (χ0n) is 17.5. The summed E-state index contributed by atoms with van der Waals surface area (Å²) in [5.74, 6) is -6.89. The Morgan fingerprint density at radius 1 is 1.09 bits per heavy atom. The predicted octanol–water partition coefficient (Wildman–Crippen LogP) is 3.11. The number of rotatable bonds is 6. The molecule has 0 bridgehead atoms. The van der Waals surface area contributed by atoms with Gasteiger partial charge >= 0.3 is 5.92 Å². The topological polar surface area (TPSA) is 83.6 Å². The van der Waals surface area contributed by atoms with Crippen molar-refractivity contribution in [2.24, 2.45) is 5.92 Å². The number of imide groups is 1. The van der Waals surface area contributed by atoms with E-state index in [-0.39, 0.29) is 69.7 Å². The largest absolute Gasteiger partial charge is 0.322 e. The van der Waals surface area contributed by atoms with Crippen LogP contribution >= 0.6 is 0 Å². The van der Waals surface area contributed by atoms with Crippen LogP contribution in [0.5, 0.6) is 0 Å². The monoisotopic (exact) mass is 450 g/mol. The number of benzene rings is 1. The molecule has 3 amide bonds. The first-order valence-corrected chi connectivity index (χ1v) is 11.0. The maximum atomic E-state index is 14.5. The number of alkyl halides is 3. The van der Waals surface area contributed by atoms with Gasteiger partial charge in [-0.15, -0.1) is 0 Å². The second kappa shape index (κ2) is 8.67. The van der Waals surface area contributed by atoms with Crippen LogP contribution in [0.4, 0.5) is 13.2 Å². The molecule has 1 aliphatic carbocycles. The van der Waals surface area contributed by atoms with Crippen molar-refractivity contribution in [2.45, 2.75) is 76.0 Å². The van der Waals surface area contributed by atoms with Gasteiger partial charge < -0.3 is 4.90 Å². The summed E-state index contributed by atoms with van der Waals surface area (Å²) in [6, 6.07) is 4.20. The van der Waals surface area contributed by atoms with E-state index >= 15 is 0 Å². The Morgan fingerprint density at radius 3 is 2.50 bits per heavy atom. The highest BCUT2D eigenvalue weighted by molar-refractivity contribution is 6.05. The van der Waals surface area contributed by atoms with E-state index in [0.29, 0.717) is 16.7 Å². The molecule has 9 heteroatoms. The molecule has 6 nitrogen and oxygen atoms in total. The number of carbonyl (C=O) groups is 4. The van der Waals surface area contributed by atoms with Crippen LogP contribution in [0.25, 0.3) is 0 Å². The van der Waals surface area contributed by atoms with Crippen molar-refractivity contribution in [3.63, 3.8) is 0 Å². The molecular weight excluding hydrogens is 425 g/mol. The summed E-state index contributed by atoms with van der Waals surface area (Å²) in [6.07, 6.45) is -0.735. The number of piperidine rings is 1. The smallest absolute Gasteiger partial charge is 0.308 e. The van der Waals surface area contributed by atoms with Crippen LogP contribution in [0.3, 0.4) is 0 Å². The third kappa shape index (κ3) is 4.29. The Balaban J connectivity index is 1.38. The molecule has 3 aliphatic rings. The number of Topliss-reactive ketones (excluding diaryl/α,β-unsaturated/α-hetero) is 1. The van der Waals surface area contributed by atoms with E-state index in [4.69, 9.17) is 0 Å². The second-order valence-electron chi connectivity index (χ2n) is 8.89. The number of fused-ring (bicyclic) bond motifs is 1. The van der Waals surface area contributed by atoms with E-state index in [9.17, 15) is 32.3 Å². The normalized spacial score (nSPS) is 26.2. The molecule has 1 unspecified atom stereocenters. The van der Waals surface area contributed by atoms with Crippen molar-refractivity contribution in [1.29, 1.82) is 0 Å². The molecule has 1 aromatic carbocycles. The number of hydrogen-bond acceptors (Lipinski definition) is 4. The van der Waals surface area contributed by atoms with Gasteiger partial charge in [-0.25, -0.2) is 4.39 Å². The Kier molecular flexibility index (Phi) is 6.09. The molecule has 1 saturated heterocycles. The number of amides is 3. The van der Waals surface area contributed by atoms with Crippen LogP contribution in [0, 0.1) is 5.92 Å². The Labute approximate surface area is 183 Å². The summed E-state index contributed by atoms with van der Waals surface area (Å²) in [5.41, 5.74) is 1.74. The fourth-order valence-electron chi connectivity index (χ4n) is 4.85. The van der Waals surface area contributed by atoms with Crippen molar-refractivity contribution in [3.05, 3.63) is 34.9 Å². The second-order valence-corrected chi connectivity index (χ2v) is 8.89. The molecule has 1 N–H and O–H groups in total. The molecule has 0 radical (unpaired) electrons. The third-order valence-electron chi connectivity index (χ3n) is 6.77. The van der Waals surface area contributed by atoms with Crippen molar-refractivity contribution in [1.82, 2.24) is 10.2 Å².